The van der Waals surface area contributed by atoms with Crippen molar-refractivity contribution in [2.45, 2.75) is 25.6 Å². The van der Waals surface area contributed by atoms with Gasteiger partial charge >= 0.3 is 5.97 Å². The number of rotatable bonds is 5. The number of carbonyl (C=O) groups excluding carboxylic acids is 1. The standard InChI is InChI=1S/C13H14ClNO4S/c1-2-19-11(17)6-9(16)12(18)7-3-4-8-10(5-7)20-13(14)15-8/h3-5,9,12,16,18H,2,6H2,1H3. The fourth-order valence-corrected chi connectivity index (χ4v) is 2.90. The topological polar surface area (TPSA) is 79.7 Å². The average Bonchev–Trinajstić information content (AvgIpc) is 2.76. The van der Waals surface area contributed by atoms with Crippen molar-refractivity contribution in [2.24, 2.45) is 0 Å². The number of ether oxygens (including phenoxy) is 1. The number of aliphatic hydroxyl groups is 2. The summed E-state index contributed by atoms with van der Waals surface area (Å²) < 4.78 is 5.97. The molecule has 0 radical (unpaired) electrons. The Morgan fingerprint density at radius 1 is 1.50 bits per heavy atom. The minimum atomic E-state index is -1.21. The second-order valence-electron chi connectivity index (χ2n) is 4.22. The van der Waals surface area contributed by atoms with Crippen LogP contribution in [0, 0.1) is 0 Å². The number of halogens is 1. The van der Waals surface area contributed by atoms with Crippen LogP contribution >= 0.6 is 22.9 Å². The molecule has 0 saturated carbocycles. The number of carbonyl (C=O) groups is 1. The Kier molecular flexibility index (Phi) is 4.93. The summed E-state index contributed by atoms with van der Waals surface area (Å²) in [5.41, 5.74) is 1.24. The maximum Gasteiger partial charge on any atom is 0.308 e. The van der Waals surface area contributed by atoms with Gasteiger partial charge in [-0.2, -0.15) is 0 Å². The molecule has 2 unspecified atom stereocenters. The van der Waals surface area contributed by atoms with Crippen LogP contribution in [0.25, 0.3) is 10.2 Å². The third kappa shape index (κ3) is 3.46. The molecule has 1 aromatic carbocycles. The summed E-state index contributed by atoms with van der Waals surface area (Å²) in [5, 5.41) is 19.9. The third-order valence-corrected chi connectivity index (χ3v) is 3.90. The van der Waals surface area contributed by atoms with Gasteiger partial charge in [0.1, 0.15) is 6.10 Å². The van der Waals surface area contributed by atoms with Gasteiger partial charge in [0.05, 0.1) is 29.3 Å². The highest BCUT2D eigenvalue weighted by Gasteiger charge is 2.22. The zero-order valence-electron chi connectivity index (χ0n) is 10.7. The highest BCUT2D eigenvalue weighted by molar-refractivity contribution is 7.22. The quantitative estimate of drug-likeness (QED) is 0.828. The summed E-state index contributed by atoms with van der Waals surface area (Å²) in [5.74, 6) is -0.541. The van der Waals surface area contributed by atoms with E-state index in [1.165, 1.54) is 11.3 Å². The Balaban J connectivity index is 2.13. The molecule has 0 amide bonds. The molecule has 2 aromatic rings. The van der Waals surface area contributed by atoms with E-state index >= 15 is 0 Å². The summed E-state index contributed by atoms with van der Waals surface area (Å²) >= 11 is 7.10. The van der Waals surface area contributed by atoms with Crippen molar-refractivity contribution in [3.63, 3.8) is 0 Å². The minimum Gasteiger partial charge on any atom is -0.466 e. The van der Waals surface area contributed by atoms with Crippen LogP contribution in [0.3, 0.4) is 0 Å². The van der Waals surface area contributed by atoms with Crippen LogP contribution in [-0.2, 0) is 9.53 Å². The van der Waals surface area contributed by atoms with Gasteiger partial charge in [-0.1, -0.05) is 17.7 Å². The van der Waals surface area contributed by atoms with Crippen molar-refractivity contribution < 1.29 is 19.7 Å². The zero-order valence-corrected chi connectivity index (χ0v) is 12.3. The van der Waals surface area contributed by atoms with Gasteiger partial charge in [0, 0.05) is 0 Å². The normalized spacial score (nSPS) is 14.2. The van der Waals surface area contributed by atoms with Crippen LogP contribution < -0.4 is 0 Å². The molecule has 0 saturated heterocycles. The van der Waals surface area contributed by atoms with Crippen LogP contribution in [0.4, 0.5) is 0 Å². The van der Waals surface area contributed by atoms with Gasteiger partial charge < -0.3 is 14.9 Å². The maximum absolute atomic E-state index is 11.3. The number of thiazole rings is 1. The van der Waals surface area contributed by atoms with Crippen LogP contribution in [0.5, 0.6) is 0 Å². The number of nitrogens with zero attached hydrogens (tertiary/aromatic N) is 1. The Labute approximate surface area is 124 Å². The first kappa shape index (κ1) is 15.2. The maximum atomic E-state index is 11.3. The molecule has 0 aliphatic carbocycles. The van der Waals surface area contributed by atoms with Gasteiger partial charge in [-0.05, 0) is 24.6 Å². The van der Waals surface area contributed by atoms with Gasteiger partial charge in [0.15, 0.2) is 4.47 Å². The van der Waals surface area contributed by atoms with Crippen LogP contribution in [-0.4, -0.2) is 33.9 Å². The number of hydrogen-bond donors (Lipinski definition) is 2. The molecule has 1 heterocycles. The van der Waals surface area contributed by atoms with Crippen LogP contribution in [0.1, 0.15) is 25.0 Å². The highest BCUT2D eigenvalue weighted by atomic mass is 35.5. The average molecular weight is 316 g/mol. The van der Waals surface area contributed by atoms with Gasteiger partial charge in [-0.25, -0.2) is 4.98 Å². The molecule has 0 aliphatic rings. The first-order valence-corrected chi connectivity index (χ1v) is 7.28. The fourth-order valence-electron chi connectivity index (χ4n) is 1.82. The number of hydrogen-bond acceptors (Lipinski definition) is 6. The lowest BCUT2D eigenvalue weighted by Gasteiger charge is -2.17. The molecule has 1 aromatic heterocycles. The molecule has 2 atom stereocenters. The Morgan fingerprint density at radius 2 is 2.25 bits per heavy atom. The zero-order chi connectivity index (χ0) is 14.7. The molecule has 5 nitrogen and oxygen atoms in total. The van der Waals surface area contributed by atoms with Crippen LogP contribution in [0.15, 0.2) is 18.2 Å². The Hall–Kier alpha value is -1.21. The number of aliphatic hydroxyl groups excluding tert-OH is 2. The van der Waals surface area contributed by atoms with Gasteiger partial charge in [-0.15, -0.1) is 11.3 Å². The predicted molar refractivity (Wildman–Crippen MR) is 76.8 cm³/mol. The highest BCUT2D eigenvalue weighted by Crippen LogP contribution is 2.29. The summed E-state index contributed by atoms with van der Waals surface area (Å²) in [7, 11) is 0. The fraction of sp³-hybridized carbons (Fsp3) is 0.385. The lowest BCUT2D eigenvalue weighted by molar-refractivity contribution is -0.147. The van der Waals surface area contributed by atoms with Crippen LogP contribution in [0.2, 0.25) is 4.47 Å². The lowest BCUT2D eigenvalue weighted by Crippen LogP contribution is -2.23. The second kappa shape index (κ2) is 6.49. The lowest BCUT2D eigenvalue weighted by atomic mass is 10.0. The van der Waals surface area contributed by atoms with Crippen molar-refractivity contribution in [2.75, 3.05) is 6.61 Å². The first-order chi connectivity index (χ1) is 9.51. The Bertz CT molecular complexity index is 615. The minimum absolute atomic E-state index is 0.243. The molecule has 2 rings (SSSR count). The van der Waals surface area contributed by atoms with E-state index < -0.39 is 18.2 Å². The summed E-state index contributed by atoms with van der Waals surface area (Å²) in [6, 6.07) is 5.07. The SMILES string of the molecule is CCOC(=O)CC(O)C(O)c1ccc2nc(Cl)sc2c1. The third-order valence-electron chi connectivity index (χ3n) is 2.77. The number of esters is 1. The van der Waals surface area contributed by atoms with E-state index in [-0.39, 0.29) is 13.0 Å². The summed E-state index contributed by atoms with van der Waals surface area (Å²) in [6.45, 7) is 1.93. The van der Waals surface area contributed by atoms with Crippen molar-refractivity contribution >= 4 is 39.1 Å². The second-order valence-corrected chi connectivity index (χ2v) is 5.83. The predicted octanol–water partition coefficient (Wildman–Crippen LogP) is 2.30. The Morgan fingerprint density at radius 3 is 2.95 bits per heavy atom. The van der Waals surface area contributed by atoms with E-state index in [1.807, 2.05) is 0 Å². The molecular weight excluding hydrogens is 302 g/mol. The molecule has 20 heavy (non-hydrogen) atoms. The van der Waals surface area contributed by atoms with E-state index in [1.54, 1.807) is 25.1 Å². The van der Waals surface area contributed by atoms with Crippen molar-refractivity contribution in [3.8, 4) is 0 Å². The largest absolute Gasteiger partial charge is 0.466 e. The first-order valence-electron chi connectivity index (χ1n) is 6.09. The molecule has 0 bridgehead atoms. The molecule has 0 spiro atoms. The van der Waals surface area contributed by atoms with E-state index in [0.29, 0.717) is 10.0 Å². The number of aromatic nitrogens is 1. The van der Waals surface area contributed by atoms with Crippen molar-refractivity contribution in [1.82, 2.24) is 4.98 Å². The van der Waals surface area contributed by atoms with Gasteiger partial charge in [-0.3, -0.25) is 4.79 Å². The summed E-state index contributed by atoms with van der Waals surface area (Å²) in [4.78, 5) is 15.4. The van der Waals surface area contributed by atoms with Crippen molar-refractivity contribution in [1.29, 1.82) is 0 Å². The van der Waals surface area contributed by atoms with Gasteiger partial charge in [0.2, 0.25) is 0 Å². The summed E-state index contributed by atoms with van der Waals surface area (Å²) in [6.07, 6.45) is -2.63. The molecule has 108 valence electrons. The molecule has 7 heteroatoms. The monoisotopic (exact) mass is 315 g/mol. The number of fused-ring (bicyclic) bond motifs is 1. The van der Waals surface area contributed by atoms with E-state index in [4.69, 9.17) is 16.3 Å². The van der Waals surface area contributed by atoms with Gasteiger partial charge in [0.25, 0.3) is 0 Å². The van der Waals surface area contributed by atoms with E-state index in [2.05, 4.69) is 4.98 Å². The van der Waals surface area contributed by atoms with E-state index in [9.17, 15) is 15.0 Å². The molecular formula is C13H14ClNO4S. The van der Waals surface area contributed by atoms with E-state index in [0.717, 1.165) is 10.2 Å². The van der Waals surface area contributed by atoms with Crippen molar-refractivity contribution in [3.05, 3.63) is 28.2 Å². The smallest absolute Gasteiger partial charge is 0.308 e. The molecule has 0 fully saturated rings. The number of benzene rings is 1. The molecule has 2 N–H and O–H groups in total. The molecule has 0 aliphatic heterocycles.